The summed E-state index contributed by atoms with van der Waals surface area (Å²) in [6.45, 7) is 0.652. The van der Waals surface area contributed by atoms with E-state index in [0.29, 0.717) is 19.0 Å². The molecule has 0 bridgehead atoms. The molecule has 2 aromatic carbocycles. The predicted octanol–water partition coefficient (Wildman–Crippen LogP) is 3.82. The predicted molar refractivity (Wildman–Crippen MR) is 108 cm³/mol. The second-order valence-corrected chi connectivity index (χ2v) is 8.61. The SMILES string of the molecule is N#Cc1ccc(N2CC[C@@H]3CN(C(=O)c4cc(F)cc(F)c4)C[C@]3(CO)C2)cc1C(F)(F)F. The number of aliphatic hydroxyl groups is 1. The maximum absolute atomic E-state index is 13.6. The zero-order valence-corrected chi connectivity index (χ0v) is 17.4. The average Bonchev–Trinajstić information content (AvgIpc) is 3.16. The van der Waals surface area contributed by atoms with Crippen molar-refractivity contribution in [3.63, 3.8) is 0 Å². The van der Waals surface area contributed by atoms with E-state index in [4.69, 9.17) is 5.26 Å². The number of hydrogen-bond acceptors (Lipinski definition) is 4. The van der Waals surface area contributed by atoms with Crippen molar-refractivity contribution in [3.05, 3.63) is 64.7 Å². The van der Waals surface area contributed by atoms with E-state index in [0.717, 1.165) is 24.3 Å². The van der Waals surface area contributed by atoms with Crippen LogP contribution in [0.15, 0.2) is 36.4 Å². The van der Waals surface area contributed by atoms with Gasteiger partial charge in [-0.05, 0) is 42.7 Å². The van der Waals surface area contributed by atoms with Crippen LogP contribution in [0.1, 0.15) is 27.9 Å². The summed E-state index contributed by atoms with van der Waals surface area (Å²) in [4.78, 5) is 16.0. The van der Waals surface area contributed by atoms with Crippen molar-refractivity contribution in [1.29, 1.82) is 5.26 Å². The van der Waals surface area contributed by atoms with Gasteiger partial charge in [-0.2, -0.15) is 18.4 Å². The first kappa shape index (κ1) is 23.0. The van der Waals surface area contributed by atoms with Crippen LogP contribution in [0.5, 0.6) is 0 Å². The molecule has 174 valence electrons. The summed E-state index contributed by atoms with van der Waals surface area (Å²) in [5.41, 5.74) is -2.17. The number of halogens is 5. The molecular formula is C23H20F5N3O2. The van der Waals surface area contributed by atoms with Crippen LogP contribution in [-0.4, -0.2) is 48.7 Å². The lowest BCUT2D eigenvalue weighted by Gasteiger charge is -2.44. The molecular weight excluding hydrogens is 445 g/mol. The molecule has 1 N–H and O–H groups in total. The average molecular weight is 465 g/mol. The fourth-order valence-electron chi connectivity index (χ4n) is 4.91. The number of rotatable bonds is 3. The van der Waals surface area contributed by atoms with Crippen molar-refractivity contribution < 1.29 is 31.9 Å². The Morgan fingerprint density at radius 3 is 2.45 bits per heavy atom. The number of nitriles is 1. The van der Waals surface area contributed by atoms with Gasteiger partial charge in [0.2, 0.25) is 0 Å². The summed E-state index contributed by atoms with van der Waals surface area (Å²) in [6.07, 6.45) is -4.19. The van der Waals surface area contributed by atoms with Crippen LogP contribution in [0.25, 0.3) is 0 Å². The first-order valence-electron chi connectivity index (χ1n) is 10.3. The molecule has 2 aromatic rings. The molecule has 0 aliphatic carbocycles. The number of benzene rings is 2. The lowest BCUT2D eigenvalue weighted by Crippen LogP contribution is -2.51. The van der Waals surface area contributed by atoms with Crippen molar-refractivity contribution in [2.75, 3.05) is 37.7 Å². The van der Waals surface area contributed by atoms with Gasteiger partial charge in [0.1, 0.15) is 11.6 Å². The van der Waals surface area contributed by atoms with Crippen LogP contribution in [0.4, 0.5) is 27.6 Å². The minimum absolute atomic E-state index is 0.101. The first-order chi connectivity index (χ1) is 15.6. The fraction of sp³-hybridized carbons (Fsp3) is 0.391. The number of aliphatic hydroxyl groups excluding tert-OH is 1. The van der Waals surface area contributed by atoms with Crippen molar-refractivity contribution in [3.8, 4) is 6.07 Å². The largest absolute Gasteiger partial charge is 0.417 e. The van der Waals surface area contributed by atoms with E-state index < -0.39 is 40.3 Å². The maximum Gasteiger partial charge on any atom is 0.417 e. The third-order valence-electron chi connectivity index (χ3n) is 6.57. The summed E-state index contributed by atoms with van der Waals surface area (Å²) in [5, 5.41) is 19.2. The lowest BCUT2D eigenvalue weighted by atomic mass is 9.74. The second-order valence-electron chi connectivity index (χ2n) is 8.61. The molecule has 4 rings (SSSR count). The fourth-order valence-corrected chi connectivity index (χ4v) is 4.91. The second kappa shape index (κ2) is 8.30. The molecule has 2 heterocycles. The van der Waals surface area contributed by atoms with Crippen LogP contribution in [0, 0.1) is 34.3 Å². The van der Waals surface area contributed by atoms with E-state index in [-0.39, 0.29) is 43.4 Å². The highest BCUT2D eigenvalue weighted by atomic mass is 19.4. The smallest absolute Gasteiger partial charge is 0.396 e. The number of amides is 1. The molecule has 2 aliphatic heterocycles. The Morgan fingerprint density at radius 1 is 1.15 bits per heavy atom. The van der Waals surface area contributed by atoms with Gasteiger partial charge >= 0.3 is 6.18 Å². The number of nitrogens with zero attached hydrogens (tertiary/aromatic N) is 3. The molecule has 2 fully saturated rings. The highest BCUT2D eigenvalue weighted by molar-refractivity contribution is 5.94. The van der Waals surface area contributed by atoms with Gasteiger partial charge in [0.25, 0.3) is 5.91 Å². The standard InChI is InChI=1S/C23H20F5N3O2/c24-17-5-15(6-18(25)7-17)21(33)31-10-16-3-4-30(11-22(16,12-31)13-32)19-2-1-14(9-29)20(8-19)23(26,27)28/h1-2,5-8,16,32H,3-4,10-13H2/t16-,22+/m1/s1. The van der Waals surface area contributed by atoms with Crippen molar-refractivity contribution in [2.24, 2.45) is 11.3 Å². The van der Waals surface area contributed by atoms with Crippen LogP contribution in [0.2, 0.25) is 0 Å². The molecule has 0 unspecified atom stereocenters. The van der Waals surface area contributed by atoms with Crippen molar-refractivity contribution >= 4 is 11.6 Å². The molecule has 10 heteroatoms. The number of likely N-dealkylation sites (tertiary alicyclic amines) is 1. The molecule has 0 saturated carbocycles. The Balaban J connectivity index is 1.59. The zero-order chi connectivity index (χ0) is 24.0. The minimum atomic E-state index is -4.69. The number of anilines is 1. The van der Waals surface area contributed by atoms with Gasteiger partial charge < -0.3 is 14.9 Å². The lowest BCUT2D eigenvalue weighted by molar-refractivity contribution is -0.137. The van der Waals surface area contributed by atoms with Gasteiger partial charge in [0.05, 0.1) is 23.8 Å². The Kier molecular flexibility index (Phi) is 5.78. The number of hydrogen-bond donors (Lipinski definition) is 1. The van der Waals surface area contributed by atoms with E-state index in [9.17, 15) is 31.9 Å². The summed E-state index contributed by atoms with van der Waals surface area (Å²) >= 11 is 0. The van der Waals surface area contributed by atoms with Crippen LogP contribution >= 0.6 is 0 Å². The van der Waals surface area contributed by atoms with E-state index >= 15 is 0 Å². The Hall–Kier alpha value is -3.19. The third-order valence-corrected chi connectivity index (χ3v) is 6.57. The minimum Gasteiger partial charge on any atom is -0.396 e. The number of fused-ring (bicyclic) bond motifs is 1. The van der Waals surface area contributed by atoms with Gasteiger partial charge in [0.15, 0.2) is 0 Å². The zero-order valence-electron chi connectivity index (χ0n) is 17.4. The molecule has 0 radical (unpaired) electrons. The number of carbonyl (C=O) groups excluding carboxylic acids is 1. The third kappa shape index (κ3) is 4.25. The summed E-state index contributed by atoms with van der Waals surface area (Å²) in [6, 6.07) is 7.60. The van der Waals surface area contributed by atoms with Gasteiger partial charge in [0, 0.05) is 48.9 Å². The summed E-state index contributed by atoms with van der Waals surface area (Å²) in [7, 11) is 0. The van der Waals surface area contributed by atoms with Gasteiger partial charge in [-0.3, -0.25) is 4.79 Å². The number of carbonyl (C=O) groups is 1. The molecule has 0 spiro atoms. The topological polar surface area (TPSA) is 67.6 Å². The van der Waals surface area contributed by atoms with Crippen LogP contribution in [-0.2, 0) is 6.18 Å². The van der Waals surface area contributed by atoms with E-state index in [1.807, 2.05) is 0 Å². The van der Waals surface area contributed by atoms with E-state index in [1.54, 1.807) is 11.0 Å². The number of alkyl halides is 3. The normalized spacial score (nSPS) is 22.8. The van der Waals surface area contributed by atoms with Crippen molar-refractivity contribution in [1.82, 2.24) is 4.90 Å². The molecule has 2 atom stereocenters. The van der Waals surface area contributed by atoms with E-state index in [1.165, 1.54) is 11.0 Å². The molecule has 2 aliphatic rings. The Bertz CT molecular complexity index is 1110. The van der Waals surface area contributed by atoms with Crippen LogP contribution < -0.4 is 4.90 Å². The van der Waals surface area contributed by atoms with Crippen molar-refractivity contribution in [2.45, 2.75) is 12.6 Å². The quantitative estimate of drug-likeness (QED) is 0.700. The molecule has 0 aromatic heterocycles. The number of piperidine rings is 1. The highest BCUT2D eigenvalue weighted by Gasteiger charge is 2.51. The first-order valence-corrected chi connectivity index (χ1v) is 10.3. The highest BCUT2D eigenvalue weighted by Crippen LogP contribution is 2.44. The monoisotopic (exact) mass is 465 g/mol. The van der Waals surface area contributed by atoms with E-state index in [2.05, 4.69) is 0 Å². The Labute approximate surface area is 186 Å². The Morgan fingerprint density at radius 2 is 1.85 bits per heavy atom. The summed E-state index contributed by atoms with van der Waals surface area (Å²) in [5.74, 6) is -2.44. The molecule has 1 amide bonds. The molecule has 5 nitrogen and oxygen atoms in total. The molecule has 2 saturated heterocycles. The van der Waals surface area contributed by atoms with Gasteiger partial charge in [-0.1, -0.05) is 0 Å². The van der Waals surface area contributed by atoms with Crippen LogP contribution in [0.3, 0.4) is 0 Å². The van der Waals surface area contributed by atoms with Gasteiger partial charge in [-0.15, -0.1) is 0 Å². The molecule has 33 heavy (non-hydrogen) atoms. The summed E-state index contributed by atoms with van der Waals surface area (Å²) < 4.78 is 67.3. The van der Waals surface area contributed by atoms with Gasteiger partial charge in [-0.25, -0.2) is 8.78 Å². The maximum atomic E-state index is 13.6.